The Balaban J connectivity index is 0.000000280. The van der Waals surface area contributed by atoms with Crippen molar-refractivity contribution in [3.05, 3.63) is 0 Å². The molecule has 0 aliphatic carbocycles. The topological polar surface area (TPSA) is 79.3 Å². The van der Waals surface area contributed by atoms with Gasteiger partial charge in [0.2, 0.25) is 0 Å². The maximum atomic E-state index is 11.5. The van der Waals surface area contributed by atoms with E-state index in [-0.39, 0.29) is 24.4 Å². The first-order valence-electron chi connectivity index (χ1n) is 9.97. The summed E-state index contributed by atoms with van der Waals surface area (Å²) < 4.78 is 11.6. The number of nitrogens with zero attached hydrogens (tertiary/aromatic N) is 2. The number of alkyl halides is 1. The Morgan fingerprint density at radius 1 is 0.857 bits per heavy atom. The van der Waals surface area contributed by atoms with Crippen molar-refractivity contribution in [3.63, 3.8) is 0 Å². The third-order valence-corrected chi connectivity index (χ3v) is 4.90. The molecule has 2 aliphatic rings. The van der Waals surface area contributed by atoms with Gasteiger partial charge in [0.25, 0.3) is 0 Å². The van der Waals surface area contributed by atoms with Crippen LogP contribution in [0, 0.1) is 11.8 Å². The fourth-order valence-corrected chi connectivity index (χ4v) is 3.67. The van der Waals surface area contributed by atoms with Crippen molar-refractivity contribution in [2.45, 2.75) is 65.6 Å². The predicted octanol–water partition coefficient (Wildman–Crippen LogP) is 3.91. The van der Waals surface area contributed by atoms with E-state index in [0.29, 0.717) is 11.8 Å². The third-order valence-electron chi connectivity index (χ3n) is 4.27. The number of rotatable bonds is 4. The molecule has 0 aromatic heterocycles. The smallest absolute Gasteiger partial charge is 0.410 e. The van der Waals surface area contributed by atoms with Crippen LogP contribution in [-0.2, 0) is 9.47 Å². The highest BCUT2D eigenvalue weighted by Crippen LogP contribution is 2.23. The number of aliphatic hydroxyl groups is 1. The van der Waals surface area contributed by atoms with E-state index in [1.54, 1.807) is 9.80 Å². The van der Waals surface area contributed by atoms with Gasteiger partial charge < -0.3 is 24.4 Å². The minimum atomic E-state index is -0.418. The molecule has 0 aromatic carbocycles. The van der Waals surface area contributed by atoms with Crippen LogP contribution in [0.1, 0.15) is 54.4 Å². The second-order valence-corrected chi connectivity index (χ2v) is 10.6. The number of amides is 2. The molecular formula is C20H37IN2O5. The monoisotopic (exact) mass is 512 g/mol. The van der Waals surface area contributed by atoms with Crippen LogP contribution >= 0.6 is 22.6 Å². The maximum Gasteiger partial charge on any atom is 0.410 e. The standard InChI is InChI=1S/C10H18INO2.C10H19NO3/c1-10(2,3)14-9(13)12-6-8(7-12)4-5-11;1-10(2,3)14-9(13)11-6-8(7-11)4-5-12/h8H,4-7H2,1-3H3;8,12H,4-7H2,1-3H3. The molecule has 0 atom stereocenters. The second-order valence-electron chi connectivity index (χ2n) is 9.49. The number of aliphatic hydroxyl groups excluding tert-OH is 1. The molecule has 2 amide bonds. The summed E-state index contributed by atoms with van der Waals surface area (Å²) in [6.07, 6.45) is 1.58. The zero-order valence-electron chi connectivity index (χ0n) is 18.2. The van der Waals surface area contributed by atoms with Crippen molar-refractivity contribution in [1.29, 1.82) is 0 Å². The van der Waals surface area contributed by atoms with Gasteiger partial charge in [-0.15, -0.1) is 0 Å². The Hall–Kier alpha value is -0.770. The first-order chi connectivity index (χ1) is 12.8. The van der Waals surface area contributed by atoms with Crippen LogP contribution in [0.15, 0.2) is 0 Å². The lowest BCUT2D eigenvalue weighted by atomic mass is 9.97. The van der Waals surface area contributed by atoms with E-state index in [4.69, 9.17) is 14.6 Å². The molecule has 2 aliphatic heterocycles. The summed E-state index contributed by atoms with van der Waals surface area (Å²) in [4.78, 5) is 26.4. The lowest BCUT2D eigenvalue weighted by Crippen LogP contribution is -2.51. The van der Waals surface area contributed by atoms with Gasteiger partial charge in [-0.05, 0) is 70.6 Å². The van der Waals surface area contributed by atoms with Crippen molar-refractivity contribution in [1.82, 2.24) is 9.80 Å². The molecule has 2 rings (SSSR count). The largest absolute Gasteiger partial charge is 0.444 e. The average Bonchev–Trinajstić information content (AvgIpc) is 2.42. The van der Waals surface area contributed by atoms with Crippen LogP contribution in [0.25, 0.3) is 0 Å². The number of hydrogen-bond acceptors (Lipinski definition) is 5. The lowest BCUT2D eigenvalue weighted by Gasteiger charge is -2.39. The van der Waals surface area contributed by atoms with Crippen LogP contribution in [0.5, 0.6) is 0 Å². The van der Waals surface area contributed by atoms with Gasteiger partial charge in [0.15, 0.2) is 0 Å². The predicted molar refractivity (Wildman–Crippen MR) is 118 cm³/mol. The van der Waals surface area contributed by atoms with Gasteiger partial charge in [0.1, 0.15) is 11.2 Å². The van der Waals surface area contributed by atoms with Gasteiger partial charge in [-0.1, -0.05) is 22.6 Å². The highest BCUT2D eigenvalue weighted by Gasteiger charge is 2.33. The average molecular weight is 512 g/mol. The fourth-order valence-electron chi connectivity index (χ4n) is 2.79. The summed E-state index contributed by atoms with van der Waals surface area (Å²) in [5.74, 6) is 1.15. The maximum absolute atomic E-state index is 11.5. The molecule has 2 saturated heterocycles. The van der Waals surface area contributed by atoms with E-state index in [9.17, 15) is 9.59 Å². The Morgan fingerprint density at radius 2 is 1.21 bits per heavy atom. The Kier molecular flexibility index (Phi) is 9.79. The fraction of sp³-hybridized carbons (Fsp3) is 0.900. The van der Waals surface area contributed by atoms with E-state index in [0.717, 1.165) is 32.6 Å². The minimum absolute atomic E-state index is 0.165. The van der Waals surface area contributed by atoms with Gasteiger partial charge in [0.05, 0.1) is 0 Å². The zero-order valence-corrected chi connectivity index (χ0v) is 20.3. The Morgan fingerprint density at radius 3 is 1.50 bits per heavy atom. The molecule has 2 fully saturated rings. The number of likely N-dealkylation sites (tertiary alicyclic amines) is 2. The van der Waals surface area contributed by atoms with Crippen LogP contribution in [0.4, 0.5) is 9.59 Å². The van der Waals surface area contributed by atoms with Crippen molar-refractivity contribution < 1.29 is 24.2 Å². The molecule has 0 radical (unpaired) electrons. The lowest BCUT2D eigenvalue weighted by molar-refractivity contribution is -0.00451. The van der Waals surface area contributed by atoms with Crippen LogP contribution in [0.2, 0.25) is 0 Å². The van der Waals surface area contributed by atoms with E-state index < -0.39 is 5.60 Å². The van der Waals surface area contributed by atoms with Gasteiger partial charge in [-0.3, -0.25) is 0 Å². The molecule has 0 spiro atoms. The molecule has 0 bridgehead atoms. The molecule has 7 nitrogen and oxygen atoms in total. The van der Waals surface area contributed by atoms with Crippen molar-refractivity contribution in [2.24, 2.45) is 11.8 Å². The molecule has 0 unspecified atom stereocenters. The molecule has 0 aromatic rings. The number of hydrogen-bond donors (Lipinski definition) is 1. The van der Waals surface area contributed by atoms with Gasteiger partial charge in [0, 0.05) is 32.8 Å². The Labute approximate surface area is 183 Å². The number of halogens is 1. The van der Waals surface area contributed by atoms with Crippen LogP contribution in [-0.4, -0.2) is 75.5 Å². The molecule has 1 N–H and O–H groups in total. The van der Waals surface area contributed by atoms with E-state index in [1.807, 2.05) is 41.5 Å². The van der Waals surface area contributed by atoms with Crippen LogP contribution in [0.3, 0.4) is 0 Å². The summed E-state index contributed by atoms with van der Waals surface area (Å²) in [5.41, 5.74) is -0.787. The SMILES string of the molecule is CC(C)(C)OC(=O)N1CC(CCI)C1.CC(C)(C)OC(=O)N1CC(CCO)C1. The summed E-state index contributed by atoms with van der Waals surface area (Å²) in [5, 5.41) is 8.68. The number of carbonyl (C=O) groups is 2. The van der Waals surface area contributed by atoms with E-state index in [2.05, 4.69) is 22.6 Å². The van der Waals surface area contributed by atoms with Crippen molar-refractivity contribution in [3.8, 4) is 0 Å². The summed E-state index contributed by atoms with van der Waals surface area (Å²) in [7, 11) is 0. The summed E-state index contributed by atoms with van der Waals surface area (Å²) in [6, 6.07) is 0. The summed E-state index contributed by atoms with van der Waals surface area (Å²) in [6.45, 7) is 14.6. The normalized spacial score (nSPS) is 17.9. The van der Waals surface area contributed by atoms with Crippen molar-refractivity contribution >= 4 is 34.8 Å². The first kappa shape index (κ1) is 25.3. The molecule has 0 saturated carbocycles. The van der Waals surface area contributed by atoms with E-state index >= 15 is 0 Å². The van der Waals surface area contributed by atoms with Gasteiger partial charge >= 0.3 is 12.2 Å². The molecule has 164 valence electrons. The molecule has 2 heterocycles. The van der Waals surface area contributed by atoms with Gasteiger partial charge in [-0.2, -0.15) is 0 Å². The third kappa shape index (κ3) is 9.62. The van der Waals surface area contributed by atoms with Crippen LogP contribution < -0.4 is 0 Å². The molecule has 8 heteroatoms. The highest BCUT2D eigenvalue weighted by molar-refractivity contribution is 14.1. The quantitative estimate of drug-likeness (QED) is 0.457. The number of ether oxygens (including phenoxy) is 2. The van der Waals surface area contributed by atoms with E-state index in [1.165, 1.54) is 10.8 Å². The van der Waals surface area contributed by atoms with Gasteiger partial charge in [-0.25, -0.2) is 9.59 Å². The summed E-state index contributed by atoms with van der Waals surface area (Å²) >= 11 is 2.37. The number of carbonyl (C=O) groups excluding carboxylic acids is 2. The van der Waals surface area contributed by atoms with Crippen molar-refractivity contribution in [2.75, 3.05) is 37.2 Å². The first-order valence-corrected chi connectivity index (χ1v) is 11.5. The second kappa shape index (κ2) is 10.8. The zero-order chi connectivity index (χ0) is 21.5. The Bertz CT molecular complexity index is 458. The molecule has 28 heavy (non-hydrogen) atoms. The highest BCUT2D eigenvalue weighted by atomic mass is 127. The minimum Gasteiger partial charge on any atom is -0.444 e. The molecular weight excluding hydrogens is 475 g/mol.